The molecule has 1 amide bonds. The van der Waals surface area contributed by atoms with Gasteiger partial charge in [0.25, 0.3) is 0 Å². The lowest BCUT2D eigenvalue weighted by Gasteiger charge is -2.13. The topological polar surface area (TPSA) is 54.9 Å². The third-order valence-electron chi connectivity index (χ3n) is 3.73. The summed E-state index contributed by atoms with van der Waals surface area (Å²) in [7, 11) is 0. The molecule has 112 valence electrons. The summed E-state index contributed by atoms with van der Waals surface area (Å²) in [6.45, 7) is 4.53. The Morgan fingerprint density at radius 2 is 2.24 bits per heavy atom. The molecule has 1 N–H and O–H groups in total. The number of carbonyl (C=O) groups excluding carboxylic acids is 1. The van der Waals surface area contributed by atoms with E-state index in [1.54, 1.807) is 29.4 Å². The van der Waals surface area contributed by atoms with Gasteiger partial charge in [0.15, 0.2) is 0 Å². The van der Waals surface area contributed by atoms with Crippen LogP contribution in [-0.2, 0) is 17.6 Å². The minimum absolute atomic E-state index is 0.0679. The van der Waals surface area contributed by atoms with Crippen LogP contribution in [0.1, 0.15) is 37.1 Å². The van der Waals surface area contributed by atoms with Crippen molar-refractivity contribution in [1.82, 2.24) is 15.3 Å². The van der Waals surface area contributed by atoms with Gasteiger partial charge in [-0.1, -0.05) is 11.8 Å². The second-order valence-electron chi connectivity index (χ2n) is 5.22. The molecule has 0 fully saturated rings. The molecule has 1 aliphatic carbocycles. The molecule has 0 unspecified atom stereocenters. The molecule has 1 atom stereocenters. The van der Waals surface area contributed by atoms with Crippen LogP contribution in [0.5, 0.6) is 0 Å². The first-order valence-corrected chi connectivity index (χ1v) is 9.10. The monoisotopic (exact) mass is 321 g/mol. The van der Waals surface area contributed by atoms with Gasteiger partial charge in [0, 0.05) is 16.8 Å². The minimum Gasteiger partial charge on any atom is -0.355 e. The molecule has 0 spiro atoms. The van der Waals surface area contributed by atoms with Gasteiger partial charge in [-0.25, -0.2) is 9.97 Å². The smallest absolute Gasteiger partial charge is 0.233 e. The Bertz CT molecular complexity index is 668. The van der Waals surface area contributed by atoms with Gasteiger partial charge < -0.3 is 5.32 Å². The van der Waals surface area contributed by atoms with E-state index < -0.39 is 0 Å². The first kappa shape index (κ1) is 14.8. The maximum Gasteiger partial charge on any atom is 0.233 e. The number of aryl methyl sites for hydroxylation is 2. The Morgan fingerprint density at radius 1 is 1.43 bits per heavy atom. The van der Waals surface area contributed by atoms with Gasteiger partial charge in [0.1, 0.15) is 16.2 Å². The largest absolute Gasteiger partial charge is 0.355 e. The van der Waals surface area contributed by atoms with Crippen LogP contribution in [0.2, 0.25) is 0 Å². The maximum absolute atomic E-state index is 11.9. The lowest BCUT2D eigenvalue weighted by Crippen LogP contribution is -2.30. The molecular formula is C15H19N3OS2. The highest BCUT2D eigenvalue weighted by atomic mass is 32.2. The zero-order valence-corrected chi connectivity index (χ0v) is 13.9. The number of hydrogen-bond acceptors (Lipinski definition) is 5. The van der Waals surface area contributed by atoms with Crippen LogP contribution in [0.3, 0.4) is 0 Å². The molecule has 0 saturated heterocycles. The van der Waals surface area contributed by atoms with E-state index in [4.69, 9.17) is 0 Å². The van der Waals surface area contributed by atoms with Crippen molar-refractivity contribution in [3.63, 3.8) is 0 Å². The van der Waals surface area contributed by atoms with Crippen molar-refractivity contribution in [3.05, 3.63) is 16.8 Å². The van der Waals surface area contributed by atoms with Gasteiger partial charge in [0.2, 0.25) is 5.91 Å². The van der Waals surface area contributed by atoms with Crippen LogP contribution < -0.4 is 5.32 Å². The van der Waals surface area contributed by atoms with E-state index in [9.17, 15) is 4.79 Å². The standard InChI is InChI=1S/C15H19N3OS2/c1-3-16-13(19)9(2)20-14-12-10-6-4-5-7-11(10)21-15(12)18-8-17-14/h8-9H,3-7H2,1-2H3,(H,16,19)/t9-/m0/s1. The molecule has 4 nitrogen and oxygen atoms in total. The summed E-state index contributed by atoms with van der Waals surface area (Å²) in [6, 6.07) is 0. The minimum atomic E-state index is -0.137. The average molecular weight is 321 g/mol. The number of aromatic nitrogens is 2. The maximum atomic E-state index is 11.9. The molecule has 0 aliphatic heterocycles. The van der Waals surface area contributed by atoms with E-state index in [1.165, 1.54) is 28.7 Å². The number of nitrogens with zero attached hydrogens (tertiary/aromatic N) is 2. The highest BCUT2D eigenvalue weighted by Gasteiger charge is 2.22. The van der Waals surface area contributed by atoms with Crippen molar-refractivity contribution in [2.75, 3.05) is 6.54 Å². The molecule has 1 aliphatic rings. The number of nitrogens with one attached hydrogen (secondary N) is 1. The van der Waals surface area contributed by atoms with E-state index in [2.05, 4.69) is 15.3 Å². The second kappa shape index (κ2) is 6.32. The first-order valence-electron chi connectivity index (χ1n) is 7.40. The van der Waals surface area contributed by atoms with Crippen LogP contribution in [0, 0.1) is 0 Å². The lowest BCUT2D eigenvalue weighted by atomic mass is 9.97. The summed E-state index contributed by atoms with van der Waals surface area (Å²) < 4.78 is 0. The van der Waals surface area contributed by atoms with E-state index in [0.29, 0.717) is 6.54 Å². The summed E-state index contributed by atoms with van der Waals surface area (Å²) >= 11 is 3.34. The molecule has 2 aromatic heterocycles. The predicted molar refractivity (Wildman–Crippen MR) is 88.1 cm³/mol. The quantitative estimate of drug-likeness (QED) is 0.694. The third kappa shape index (κ3) is 2.92. The molecule has 3 rings (SSSR count). The van der Waals surface area contributed by atoms with Crippen molar-refractivity contribution in [3.8, 4) is 0 Å². The van der Waals surface area contributed by atoms with Crippen molar-refractivity contribution < 1.29 is 4.79 Å². The summed E-state index contributed by atoms with van der Waals surface area (Å²) in [4.78, 5) is 23.3. The number of hydrogen-bond donors (Lipinski definition) is 1. The fraction of sp³-hybridized carbons (Fsp3) is 0.533. The van der Waals surface area contributed by atoms with Gasteiger partial charge in [0.05, 0.1) is 5.25 Å². The van der Waals surface area contributed by atoms with Gasteiger partial charge >= 0.3 is 0 Å². The zero-order chi connectivity index (χ0) is 14.8. The Hall–Kier alpha value is -1.14. The summed E-state index contributed by atoms with van der Waals surface area (Å²) in [5.41, 5.74) is 1.42. The zero-order valence-electron chi connectivity index (χ0n) is 12.3. The van der Waals surface area contributed by atoms with Gasteiger partial charge in [-0.05, 0) is 45.1 Å². The van der Waals surface area contributed by atoms with Crippen molar-refractivity contribution in [1.29, 1.82) is 0 Å². The van der Waals surface area contributed by atoms with E-state index in [1.807, 2.05) is 13.8 Å². The second-order valence-corrected chi connectivity index (χ2v) is 7.64. The Kier molecular flexibility index (Phi) is 4.45. The molecule has 2 heterocycles. The average Bonchev–Trinajstić information content (AvgIpc) is 2.87. The van der Waals surface area contributed by atoms with Gasteiger partial charge in [-0.2, -0.15) is 0 Å². The molecule has 2 aromatic rings. The summed E-state index contributed by atoms with van der Waals surface area (Å²) in [5.74, 6) is 0.0679. The van der Waals surface area contributed by atoms with Crippen LogP contribution >= 0.6 is 23.1 Å². The molecule has 0 aromatic carbocycles. The fourth-order valence-corrected chi connectivity index (χ4v) is 4.95. The summed E-state index contributed by atoms with van der Waals surface area (Å²) in [5, 5.41) is 4.88. The number of thioether (sulfide) groups is 1. The molecule has 0 radical (unpaired) electrons. The Labute approximate surface area is 132 Å². The van der Waals surface area contributed by atoms with E-state index in [0.717, 1.165) is 22.7 Å². The molecule has 21 heavy (non-hydrogen) atoms. The van der Waals surface area contributed by atoms with E-state index >= 15 is 0 Å². The van der Waals surface area contributed by atoms with Gasteiger partial charge in [-0.3, -0.25) is 4.79 Å². The van der Waals surface area contributed by atoms with Gasteiger partial charge in [-0.15, -0.1) is 11.3 Å². The SMILES string of the molecule is CCNC(=O)[C@H](C)Sc1ncnc2sc3c(c12)CCCC3. The lowest BCUT2D eigenvalue weighted by molar-refractivity contribution is -0.120. The first-order chi connectivity index (χ1) is 10.2. The van der Waals surface area contributed by atoms with Crippen molar-refractivity contribution in [2.24, 2.45) is 0 Å². The van der Waals surface area contributed by atoms with Crippen LogP contribution in [0.25, 0.3) is 10.2 Å². The molecule has 0 saturated carbocycles. The highest BCUT2D eigenvalue weighted by Crippen LogP contribution is 2.40. The Balaban J connectivity index is 1.95. The number of rotatable bonds is 4. The molecule has 0 bridgehead atoms. The number of thiophene rings is 1. The predicted octanol–water partition coefficient (Wildman–Crippen LogP) is 3.19. The highest BCUT2D eigenvalue weighted by molar-refractivity contribution is 8.00. The molecule has 6 heteroatoms. The Morgan fingerprint density at radius 3 is 3.05 bits per heavy atom. The van der Waals surface area contributed by atoms with E-state index in [-0.39, 0.29) is 11.2 Å². The van der Waals surface area contributed by atoms with Crippen LogP contribution in [0.15, 0.2) is 11.4 Å². The fourth-order valence-electron chi connectivity index (χ4n) is 2.69. The normalized spacial score (nSPS) is 15.7. The van der Waals surface area contributed by atoms with Crippen molar-refractivity contribution in [2.45, 2.75) is 49.8 Å². The van der Waals surface area contributed by atoms with Crippen LogP contribution in [-0.4, -0.2) is 27.7 Å². The number of fused-ring (bicyclic) bond motifs is 3. The third-order valence-corrected chi connectivity index (χ3v) is 6.03. The summed E-state index contributed by atoms with van der Waals surface area (Å²) in [6.07, 6.45) is 6.41. The van der Waals surface area contributed by atoms with Crippen molar-refractivity contribution >= 4 is 39.2 Å². The number of carbonyl (C=O) groups is 1. The number of amides is 1. The van der Waals surface area contributed by atoms with Crippen LogP contribution in [0.4, 0.5) is 0 Å². The molecular weight excluding hydrogens is 302 g/mol.